The van der Waals surface area contributed by atoms with Crippen molar-refractivity contribution in [2.45, 2.75) is 0 Å². The summed E-state index contributed by atoms with van der Waals surface area (Å²) < 4.78 is 18.4. The van der Waals surface area contributed by atoms with E-state index in [4.69, 9.17) is 14.2 Å². The lowest BCUT2D eigenvalue weighted by molar-refractivity contribution is 0.355. The van der Waals surface area contributed by atoms with E-state index in [0.29, 0.717) is 11.5 Å². The Bertz CT molecular complexity index is 1170. The van der Waals surface area contributed by atoms with Gasteiger partial charge in [-0.15, -0.1) is 0 Å². The van der Waals surface area contributed by atoms with Crippen molar-refractivity contribution in [3.63, 3.8) is 0 Å². The molecule has 2 aromatic heterocycles. The molecule has 6 nitrogen and oxygen atoms in total. The van der Waals surface area contributed by atoms with E-state index < -0.39 is 0 Å². The van der Waals surface area contributed by atoms with Crippen LogP contribution < -0.4 is 19.5 Å². The third-order valence-corrected chi connectivity index (χ3v) is 5.00. The molecule has 0 bridgehead atoms. The Hall–Kier alpha value is -3.67. The first kappa shape index (κ1) is 18.7. The highest BCUT2D eigenvalue weighted by Gasteiger charge is 2.15. The molecule has 0 aliphatic rings. The van der Waals surface area contributed by atoms with Gasteiger partial charge in [0.15, 0.2) is 11.5 Å². The quantitative estimate of drug-likeness (QED) is 0.502. The number of nitrogens with zero attached hydrogens (tertiary/aromatic N) is 2. The summed E-state index contributed by atoms with van der Waals surface area (Å²) in [7, 11) is 6.98. The van der Waals surface area contributed by atoms with Gasteiger partial charge in [-0.25, -0.2) is 4.98 Å². The number of methoxy groups -OCH3 is 3. The van der Waals surface area contributed by atoms with Crippen LogP contribution in [0.25, 0.3) is 22.2 Å². The van der Waals surface area contributed by atoms with Gasteiger partial charge in [-0.05, 0) is 36.4 Å². The molecule has 4 rings (SSSR count). The van der Waals surface area contributed by atoms with Gasteiger partial charge in [0.1, 0.15) is 11.6 Å². The van der Waals surface area contributed by atoms with Crippen LogP contribution in [0.15, 0.2) is 60.8 Å². The van der Waals surface area contributed by atoms with Crippen LogP contribution in [0.4, 0.5) is 11.5 Å². The average molecular weight is 389 g/mol. The highest BCUT2D eigenvalue weighted by molar-refractivity contribution is 5.96. The van der Waals surface area contributed by atoms with E-state index >= 15 is 0 Å². The summed E-state index contributed by atoms with van der Waals surface area (Å²) in [5, 5.41) is 4.42. The molecule has 0 amide bonds. The van der Waals surface area contributed by atoms with Crippen molar-refractivity contribution < 1.29 is 14.2 Å². The van der Waals surface area contributed by atoms with E-state index in [-0.39, 0.29) is 0 Å². The van der Waals surface area contributed by atoms with E-state index in [9.17, 15) is 0 Å². The molecule has 0 aliphatic carbocycles. The molecule has 148 valence electrons. The van der Waals surface area contributed by atoms with Gasteiger partial charge in [-0.1, -0.05) is 12.1 Å². The van der Waals surface area contributed by atoms with Crippen molar-refractivity contribution in [1.82, 2.24) is 9.55 Å². The van der Waals surface area contributed by atoms with Gasteiger partial charge in [0.05, 0.1) is 32.5 Å². The van der Waals surface area contributed by atoms with Gasteiger partial charge >= 0.3 is 0 Å². The Labute approximate surface area is 169 Å². The number of rotatable bonds is 6. The van der Waals surface area contributed by atoms with Gasteiger partial charge in [0, 0.05) is 35.9 Å². The lowest BCUT2D eigenvalue weighted by atomic mass is 10.1. The first-order valence-corrected chi connectivity index (χ1v) is 9.23. The minimum Gasteiger partial charge on any atom is -0.496 e. The molecule has 0 saturated heterocycles. The third kappa shape index (κ3) is 3.33. The summed E-state index contributed by atoms with van der Waals surface area (Å²) >= 11 is 0. The number of aromatic nitrogens is 2. The summed E-state index contributed by atoms with van der Waals surface area (Å²) in [5.74, 6) is 2.95. The van der Waals surface area contributed by atoms with E-state index in [0.717, 1.165) is 39.4 Å². The molecule has 0 aliphatic heterocycles. The zero-order chi connectivity index (χ0) is 20.4. The number of benzene rings is 2. The molecule has 0 saturated carbocycles. The number of pyridine rings is 1. The van der Waals surface area contributed by atoms with Crippen LogP contribution in [0.1, 0.15) is 0 Å². The number of hydrogen-bond donors (Lipinski definition) is 1. The maximum absolute atomic E-state index is 5.55. The topological polar surface area (TPSA) is 57.5 Å². The Morgan fingerprint density at radius 1 is 0.828 bits per heavy atom. The monoisotopic (exact) mass is 389 g/mol. The van der Waals surface area contributed by atoms with Crippen molar-refractivity contribution >= 4 is 22.4 Å². The molecule has 1 N–H and O–H groups in total. The zero-order valence-corrected chi connectivity index (χ0v) is 16.9. The second-order valence-corrected chi connectivity index (χ2v) is 6.58. The van der Waals surface area contributed by atoms with Crippen LogP contribution in [0.3, 0.4) is 0 Å². The molecule has 0 spiro atoms. The second-order valence-electron chi connectivity index (χ2n) is 6.58. The second kappa shape index (κ2) is 7.75. The van der Waals surface area contributed by atoms with Crippen molar-refractivity contribution in [3.8, 4) is 28.5 Å². The summed E-state index contributed by atoms with van der Waals surface area (Å²) in [4.78, 5) is 4.56. The number of para-hydroxylation sites is 1. The Morgan fingerprint density at radius 2 is 1.59 bits per heavy atom. The largest absolute Gasteiger partial charge is 0.496 e. The lowest BCUT2D eigenvalue weighted by Crippen LogP contribution is -1.97. The Kier molecular flexibility index (Phi) is 4.99. The molecule has 29 heavy (non-hydrogen) atoms. The molecule has 2 heterocycles. The normalized spacial score (nSPS) is 10.8. The standard InChI is InChI=1S/C23H23N3O3/c1-26-18-11-12-24-23(25-15-9-10-21(28-3)22(13-15)29-4)17(18)14-19(26)16-7-5-6-8-20(16)27-2/h5-14H,1-4H3,(H,24,25). The molecule has 0 unspecified atom stereocenters. The predicted molar refractivity (Wildman–Crippen MR) is 116 cm³/mol. The van der Waals surface area contributed by atoms with Gasteiger partial charge in [-0.2, -0.15) is 0 Å². The molecule has 0 atom stereocenters. The predicted octanol–water partition coefficient (Wildman–Crippen LogP) is 5.01. The van der Waals surface area contributed by atoms with Crippen molar-refractivity contribution in [1.29, 1.82) is 0 Å². The van der Waals surface area contributed by atoms with Crippen molar-refractivity contribution in [2.75, 3.05) is 26.6 Å². The number of anilines is 2. The maximum Gasteiger partial charge on any atom is 0.162 e. The fraction of sp³-hybridized carbons (Fsp3) is 0.174. The van der Waals surface area contributed by atoms with Crippen LogP contribution in [0.5, 0.6) is 17.2 Å². The van der Waals surface area contributed by atoms with E-state index in [1.165, 1.54) is 0 Å². The van der Waals surface area contributed by atoms with Gasteiger partial charge < -0.3 is 24.1 Å². The van der Waals surface area contributed by atoms with Crippen LogP contribution in [-0.4, -0.2) is 30.9 Å². The summed E-state index contributed by atoms with van der Waals surface area (Å²) in [6.45, 7) is 0. The molecule has 6 heteroatoms. The molecule has 0 radical (unpaired) electrons. The number of fused-ring (bicyclic) bond motifs is 1. The smallest absolute Gasteiger partial charge is 0.162 e. The highest BCUT2D eigenvalue weighted by atomic mass is 16.5. The van der Waals surface area contributed by atoms with Crippen LogP contribution in [0.2, 0.25) is 0 Å². The van der Waals surface area contributed by atoms with E-state index in [1.54, 1.807) is 27.5 Å². The summed E-state index contributed by atoms with van der Waals surface area (Å²) in [6, 6.07) is 17.8. The van der Waals surface area contributed by atoms with Crippen LogP contribution in [-0.2, 0) is 7.05 Å². The number of ether oxygens (including phenoxy) is 3. The van der Waals surface area contributed by atoms with Crippen LogP contribution >= 0.6 is 0 Å². The Morgan fingerprint density at radius 3 is 2.34 bits per heavy atom. The summed E-state index contributed by atoms with van der Waals surface area (Å²) in [5.41, 5.74) is 4.03. The lowest BCUT2D eigenvalue weighted by Gasteiger charge is -2.11. The minimum absolute atomic E-state index is 0.660. The molecular formula is C23H23N3O3. The fourth-order valence-corrected chi connectivity index (χ4v) is 3.53. The number of nitrogens with one attached hydrogen (secondary N) is 1. The molecular weight excluding hydrogens is 366 g/mol. The van der Waals surface area contributed by atoms with E-state index in [1.807, 2.05) is 49.5 Å². The first-order chi connectivity index (χ1) is 14.2. The van der Waals surface area contributed by atoms with E-state index in [2.05, 4.69) is 27.0 Å². The third-order valence-electron chi connectivity index (χ3n) is 5.00. The Balaban J connectivity index is 1.79. The first-order valence-electron chi connectivity index (χ1n) is 9.23. The molecule has 0 fully saturated rings. The molecule has 4 aromatic rings. The molecule has 2 aromatic carbocycles. The minimum atomic E-state index is 0.660. The number of hydrogen-bond acceptors (Lipinski definition) is 5. The zero-order valence-electron chi connectivity index (χ0n) is 16.9. The van der Waals surface area contributed by atoms with Gasteiger partial charge in [-0.3, -0.25) is 0 Å². The average Bonchev–Trinajstić information content (AvgIpc) is 3.11. The fourth-order valence-electron chi connectivity index (χ4n) is 3.53. The SMILES string of the molecule is COc1ccc(Nc2nccc3c2cc(-c2ccccc2OC)n3C)cc1OC. The van der Waals surface area contributed by atoms with Gasteiger partial charge in [0.2, 0.25) is 0 Å². The highest BCUT2D eigenvalue weighted by Crippen LogP contribution is 2.37. The van der Waals surface area contributed by atoms with Crippen molar-refractivity contribution in [3.05, 3.63) is 60.8 Å². The van der Waals surface area contributed by atoms with Gasteiger partial charge in [0.25, 0.3) is 0 Å². The maximum atomic E-state index is 5.55. The number of aryl methyl sites for hydroxylation is 1. The van der Waals surface area contributed by atoms with Crippen LogP contribution in [0, 0.1) is 0 Å². The van der Waals surface area contributed by atoms with Crippen molar-refractivity contribution in [2.24, 2.45) is 7.05 Å². The summed E-state index contributed by atoms with van der Waals surface area (Å²) in [6.07, 6.45) is 1.80.